The fourth-order valence-corrected chi connectivity index (χ4v) is 5.36. The Morgan fingerprint density at radius 3 is 2.60 bits per heavy atom. The molecule has 0 bridgehead atoms. The molecule has 1 saturated carbocycles. The number of aromatic nitrogens is 1. The first kappa shape index (κ1) is 33.3. The van der Waals surface area contributed by atoms with E-state index in [1.807, 2.05) is 26.1 Å². The number of benzene rings is 1. The SMILES string of the molecule is C/C=C(\C=C/C(C)c1ccc(C(=O)Cc2c(N(C)C3CC3)s[nH]c2=O)cc1OC)CN(CC)CCOCC.C=C. The number of carbonyl (C=O) groups is 1. The number of Topliss-reactive ketones (excluding diaryl/α,β-unsaturated/α-hetero) is 1. The minimum absolute atomic E-state index is 0.0745. The second kappa shape index (κ2) is 17.0. The van der Waals surface area contributed by atoms with Gasteiger partial charge in [0.15, 0.2) is 5.78 Å². The Balaban J connectivity index is 0.00000274. The molecule has 1 unspecified atom stereocenters. The fourth-order valence-electron chi connectivity index (χ4n) is 4.46. The third-order valence-corrected chi connectivity index (χ3v) is 8.17. The van der Waals surface area contributed by atoms with Gasteiger partial charge < -0.3 is 14.4 Å². The van der Waals surface area contributed by atoms with Crippen molar-refractivity contribution in [3.8, 4) is 5.75 Å². The van der Waals surface area contributed by atoms with Gasteiger partial charge in [0.25, 0.3) is 5.56 Å². The molecule has 1 fully saturated rings. The third kappa shape index (κ3) is 9.32. The number of ketones is 1. The Hall–Kier alpha value is -2.94. The van der Waals surface area contributed by atoms with E-state index in [-0.39, 0.29) is 23.7 Å². The van der Waals surface area contributed by atoms with Crippen molar-refractivity contribution in [1.82, 2.24) is 9.27 Å². The van der Waals surface area contributed by atoms with E-state index in [9.17, 15) is 9.59 Å². The molecule has 8 heteroatoms. The van der Waals surface area contributed by atoms with Gasteiger partial charge in [-0.05, 0) is 56.4 Å². The van der Waals surface area contributed by atoms with Crippen LogP contribution < -0.4 is 15.2 Å². The predicted molar refractivity (Wildman–Crippen MR) is 169 cm³/mol. The Labute approximate surface area is 244 Å². The number of hydrogen-bond donors (Lipinski definition) is 1. The summed E-state index contributed by atoms with van der Waals surface area (Å²) in [6.07, 6.45) is 8.82. The molecule has 1 aromatic heterocycles. The van der Waals surface area contributed by atoms with Gasteiger partial charge in [-0.1, -0.05) is 44.2 Å². The Morgan fingerprint density at radius 2 is 2.00 bits per heavy atom. The highest BCUT2D eigenvalue weighted by Crippen LogP contribution is 2.34. The summed E-state index contributed by atoms with van der Waals surface area (Å²) in [5.41, 5.74) is 3.19. The van der Waals surface area contributed by atoms with Crippen LogP contribution in [-0.2, 0) is 11.2 Å². The zero-order chi connectivity index (χ0) is 29.7. The zero-order valence-electron chi connectivity index (χ0n) is 25.1. The van der Waals surface area contributed by atoms with Crippen LogP contribution in [-0.4, -0.2) is 68.1 Å². The van der Waals surface area contributed by atoms with E-state index >= 15 is 0 Å². The molecule has 1 heterocycles. The van der Waals surface area contributed by atoms with Crippen molar-refractivity contribution >= 4 is 22.3 Å². The first-order valence-corrected chi connectivity index (χ1v) is 14.9. The molecule has 220 valence electrons. The maximum atomic E-state index is 13.2. The summed E-state index contributed by atoms with van der Waals surface area (Å²) < 4.78 is 14.0. The van der Waals surface area contributed by atoms with Gasteiger partial charge in [0.05, 0.1) is 19.3 Å². The lowest BCUT2D eigenvalue weighted by atomic mass is 9.95. The van der Waals surface area contributed by atoms with E-state index in [0.717, 1.165) is 56.3 Å². The van der Waals surface area contributed by atoms with E-state index in [2.05, 4.69) is 66.3 Å². The number of aromatic amines is 1. The number of allylic oxidation sites excluding steroid dienone is 2. The van der Waals surface area contributed by atoms with Gasteiger partial charge in [0.1, 0.15) is 10.8 Å². The largest absolute Gasteiger partial charge is 0.496 e. The molecule has 1 aromatic carbocycles. The van der Waals surface area contributed by atoms with Crippen molar-refractivity contribution in [2.75, 3.05) is 51.9 Å². The number of H-pyrrole nitrogens is 1. The lowest BCUT2D eigenvalue weighted by molar-refractivity contribution is 0.0992. The van der Waals surface area contributed by atoms with Crippen molar-refractivity contribution in [2.24, 2.45) is 0 Å². The van der Waals surface area contributed by atoms with E-state index in [1.54, 1.807) is 13.2 Å². The maximum Gasteiger partial charge on any atom is 0.263 e. The number of rotatable bonds is 16. The van der Waals surface area contributed by atoms with E-state index < -0.39 is 0 Å². The van der Waals surface area contributed by atoms with E-state index in [1.165, 1.54) is 17.1 Å². The number of anilines is 1. The van der Waals surface area contributed by atoms with Gasteiger partial charge in [0, 0.05) is 56.3 Å². The predicted octanol–water partition coefficient (Wildman–Crippen LogP) is 6.24. The number of methoxy groups -OCH3 is 1. The quantitative estimate of drug-likeness (QED) is 0.112. The molecule has 0 spiro atoms. The average molecular weight is 570 g/mol. The van der Waals surface area contributed by atoms with Crippen LogP contribution in [0.3, 0.4) is 0 Å². The smallest absolute Gasteiger partial charge is 0.263 e. The molecular formula is C32H47N3O4S. The van der Waals surface area contributed by atoms with Crippen molar-refractivity contribution < 1.29 is 14.3 Å². The van der Waals surface area contributed by atoms with Gasteiger partial charge in [-0.15, -0.1) is 13.2 Å². The van der Waals surface area contributed by atoms with Crippen LogP contribution in [0.1, 0.15) is 67.9 Å². The lowest BCUT2D eigenvalue weighted by Gasteiger charge is -2.21. The summed E-state index contributed by atoms with van der Waals surface area (Å²) in [7, 11) is 3.63. The highest BCUT2D eigenvalue weighted by atomic mass is 32.1. The van der Waals surface area contributed by atoms with Gasteiger partial charge in [-0.3, -0.25) is 18.9 Å². The average Bonchev–Trinajstić information content (AvgIpc) is 3.78. The van der Waals surface area contributed by atoms with Crippen LogP contribution >= 0.6 is 11.5 Å². The number of nitrogens with one attached hydrogen (secondary N) is 1. The minimum atomic E-state index is -0.174. The summed E-state index contributed by atoms with van der Waals surface area (Å²) in [5.74, 6) is 0.688. The number of likely N-dealkylation sites (N-methyl/N-ethyl adjacent to an activating group) is 1. The molecule has 0 amide bonds. The van der Waals surface area contributed by atoms with Crippen molar-refractivity contribution in [3.05, 3.63) is 82.2 Å². The van der Waals surface area contributed by atoms with Gasteiger partial charge >= 0.3 is 0 Å². The van der Waals surface area contributed by atoms with Crippen LogP contribution in [0.4, 0.5) is 5.00 Å². The van der Waals surface area contributed by atoms with Gasteiger partial charge in [-0.2, -0.15) is 0 Å². The zero-order valence-corrected chi connectivity index (χ0v) is 25.9. The molecule has 1 aliphatic carbocycles. The Bertz CT molecular complexity index is 1200. The van der Waals surface area contributed by atoms with Crippen LogP contribution in [0.2, 0.25) is 0 Å². The summed E-state index contributed by atoms with van der Waals surface area (Å²) >= 11 is 1.31. The Morgan fingerprint density at radius 1 is 1.27 bits per heavy atom. The Kier molecular flexibility index (Phi) is 14.1. The third-order valence-electron chi connectivity index (χ3n) is 7.15. The van der Waals surface area contributed by atoms with Crippen LogP contribution in [0, 0.1) is 0 Å². The maximum absolute atomic E-state index is 13.2. The van der Waals surface area contributed by atoms with Gasteiger partial charge in [-0.25, -0.2) is 0 Å². The lowest BCUT2D eigenvalue weighted by Crippen LogP contribution is -2.29. The molecule has 40 heavy (non-hydrogen) atoms. The number of carbonyl (C=O) groups excluding carboxylic acids is 1. The van der Waals surface area contributed by atoms with Crippen molar-refractivity contribution in [3.63, 3.8) is 0 Å². The molecule has 1 aliphatic rings. The molecular weight excluding hydrogens is 522 g/mol. The molecule has 0 saturated heterocycles. The molecule has 1 atom stereocenters. The summed E-state index contributed by atoms with van der Waals surface area (Å²) in [5, 5.41) is 0.868. The second-order valence-electron chi connectivity index (χ2n) is 9.79. The molecule has 0 radical (unpaired) electrons. The number of hydrogen-bond acceptors (Lipinski definition) is 7. The monoisotopic (exact) mass is 569 g/mol. The summed E-state index contributed by atoms with van der Waals surface area (Å²) in [4.78, 5) is 30.1. The molecule has 3 rings (SSSR count). The topological polar surface area (TPSA) is 74.9 Å². The van der Waals surface area contributed by atoms with Crippen LogP contribution in [0.5, 0.6) is 5.75 Å². The molecule has 1 N–H and O–H groups in total. The van der Waals surface area contributed by atoms with Gasteiger partial charge in [0.2, 0.25) is 0 Å². The fraction of sp³-hybridized carbons (Fsp3) is 0.500. The molecule has 0 aliphatic heterocycles. The number of ether oxygens (including phenoxy) is 2. The first-order valence-electron chi connectivity index (χ1n) is 14.1. The number of nitrogens with zero attached hydrogens (tertiary/aromatic N) is 2. The van der Waals surface area contributed by atoms with Crippen LogP contribution in [0.25, 0.3) is 0 Å². The summed E-state index contributed by atoms with van der Waals surface area (Å²) in [6, 6.07) is 6.08. The molecule has 2 aromatic rings. The highest BCUT2D eigenvalue weighted by molar-refractivity contribution is 7.10. The van der Waals surface area contributed by atoms with E-state index in [0.29, 0.717) is 22.9 Å². The first-order chi connectivity index (χ1) is 19.3. The molecule has 7 nitrogen and oxygen atoms in total. The highest BCUT2D eigenvalue weighted by Gasteiger charge is 2.30. The van der Waals surface area contributed by atoms with Crippen molar-refractivity contribution in [1.29, 1.82) is 0 Å². The normalized spacial score (nSPS) is 14.2. The van der Waals surface area contributed by atoms with Crippen LogP contribution in [0.15, 0.2) is 60.0 Å². The summed E-state index contributed by atoms with van der Waals surface area (Å²) in [6.45, 7) is 18.6. The minimum Gasteiger partial charge on any atom is -0.496 e. The standard InChI is InChI=1S/C30H43N3O4S.C2H4/c1-7-22(20-33(8-2)16-17-37-9-3)11-10-21(4)25-15-12-23(18-28(25)36-6)27(34)19-26-29(35)31-38-30(26)32(5)24-13-14-24;1-2/h7,10-12,15,18,21,24H,8-9,13-14,16-17,19-20H2,1-6H3,(H,31,35);1-2H2/b11-10-,22-7+;. The van der Waals surface area contributed by atoms with Crippen molar-refractivity contribution in [2.45, 2.75) is 58.9 Å². The van der Waals surface area contributed by atoms with E-state index in [4.69, 9.17) is 9.47 Å². The second-order valence-corrected chi connectivity index (χ2v) is 10.6.